The zero-order valence-electron chi connectivity index (χ0n) is 20.7. The van der Waals surface area contributed by atoms with Gasteiger partial charge < -0.3 is 35.2 Å². The molecule has 5 rings (SSSR count). The van der Waals surface area contributed by atoms with Crippen LogP contribution in [0.25, 0.3) is 11.0 Å². The molecule has 0 saturated carbocycles. The maximum Gasteiger partial charge on any atom is 0.341 e. The Balaban J connectivity index is 1.35. The number of carbonyl (C=O) groups is 1. The van der Waals surface area contributed by atoms with Crippen LogP contribution in [0, 0.1) is 6.92 Å². The lowest BCUT2D eigenvalue weighted by atomic mass is 9.89. The maximum absolute atomic E-state index is 13.2. The third-order valence-electron chi connectivity index (χ3n) is 7.07. The van der Waals surface area contributed by atoms with Crippen LogP contribution in [0.1, 0.15) is 49.4 Å². The van der Waals surface area contributed by atoms with Gasteiger partial charge in [-0.15, -0.1) is 0 Å². The van der Waals surface area contributed by atoms with E-state index >= 15 is 0 Å². The van der Waals surface area contributed by atoms with Gasteiger partial charge in [0.2, 0.25) is 0 Å². The van der Waals surface area contributed by atoms with E-state index in [9.17, 15) is 14.7 Å². The number of fused-ring (bicyclic) bond motifs is 2. The summed E-state index contributed by atoms with van der Waals surface area (Å²) in [5, 5.41) is 11.0. The number of epoxide rings is 1. The molecule has 2 aliphatic heterocycles. The molecule has 0 amide bonds. The van der Waals surface area contributed by atoms with Crippen LogP contribution in [0.2, 0.25) is 0 Å². The molecule has 190 valence electrons. The van der Waals surface area contributed by atoms with E-state index in [1.54, 1.807) is 33.8 Å². The highest BCUT2D eigenvalue weighted by atomic mass is 16.7. The molecular formula is C27H30N2O7. The summed E-state index contributed by atoms with van der Waals surface area (Å²) in [5.41, 5.74) is 11.6. The molecule has 0 unspecified atom stereocenters. The van der Waals surface area contributed by atoms with Crippen molar-refractivity contribution < 1.29 is 28.5 Å². The Hall–Kier alpha value is -3.40. The molecule has 2 aliphatic rings. The highest BCUT2D eigenvalue weighted by molar-refractivity contribution is 5.87. The van der Waals surface area contributed by atoms with E-state index in [0.29, 0.717) is 23.5 Å². The van der Waals surface area contributed by atoms with Gasteiger partial charge in [0, 0.05) is 30.5 Å². The summed E-state index contributed by atoms with van der Waals surface area (Å²) in [7, 11) is 0. The zero-order valence-corrected chi connectivity index (χ0v) is 20.7. The average Bonchev–Trinajstić information content (AvgIpc) is 3.44. The fourth-order valence-electron chi connectivity index (χ4n) is 4.76. The van der Waals surface area contributed by atoms with E-state index in [0.717, 1.165) is 11.1 Å². The molecule has 0 bridgehead atoms. The van der Waals surface area contributed by atoms with Crippen molar-refractivity contribution in [3.05, 3.63) is 69.1 Å². The van der Waals surface area contributed by atoms with Gasteiger partial charge in [0.15, 0.2) is 11.0 Å². The van der Waals surface area contributed by atoms with Gasteiger partial charge >= 0.3 is 5.97 Å². The molecule has 2 aromatic carbocycles. The largest absolute Gasteiger partial charge is 0.507 e. The Bertz CT molecular complexity index is 1430. The molecule has 3 aromatic rings. The second kappa shape index (κ2) is 8.33. The van der Waals surface area contributed by atoms with Gasteiger partial charge in [-0.2, -0.15) is 0 Å². The van der Waals surface area contributed by atoms with Crippen LogP contribution in [0.5, 0.6) is 11.5 Å². The van der Waals surface area contributed by atoms with Gasteiger partial charge in [0.05, 0.1) is 6.17 Å². The first-order chi connectivity index (χ1) is 16.9. The van der Waals surface area contributed by atoms with Crippen molar-refractivity contribution in [3.8, 4) is 11.5 Å². The third kappa shape index (κ3) is 4.13. The minimum Gasteiger partial charge on any atom is -0.507 e. The summed E-state index contributed by atoms with van der Waals surface area (Å²) in [6.45, 7) is 6.96. The highest BCUT2D eigenvalue weighted by Crippen LogP contribution is 2.45. The molecule has 5 N–H and O–H groups in total. The molecule has 9 nitrogen and oxygen atoms in total. The number of hydrogen-bond donors (Lipinski definition) is 3. The van der Waals surface area contributed by atoms with Crippen LogP contribution in [-0.2, 0) is 27.1 Å². The van der Waals surface area contributed by atoms with Crippen LogP contribution in [0.15, 0.2) is 45.6 Å². The van der Waals surface area contributed by atoms with Crippen molar-refractivity contribution >= 4 is 16.9 Å². The molecule has 3 heterocycles. The van der Waals surface area contributed by atoms with Crippen molar-refractivity contribution in [2.45, 2.75) is 70.1 Å². The molecular weight excluding hydrogens is 464 g/mol. The average molecular weight is 495 g/mol. The molecule has 9 heteroatoms. The number of aryl methyl sites for hydroxylation is 1. The quantitative estimate of drug-likeness (QED) is 0.276. The molecule has 1 fully saturated rings. The summed E-state index contributed by atoms with van der Waals surface area (Å²) in [5.74, 6) is 0.0756. The van der Waals surface area contributed by atoms with Gasteiger partial charge in [0.1, 0.15) is 46.0 Å². The molecule has 36 heavy (non-hydrogen) atoms. The molecule has 0 radical (unpaired) electrons. The number of ether oxygens (including phenoxy) is 3. The topological polar surface area (TPSA) is 151 Å². The fraction of sp³-hybridized carbons (Fsp3) is 0.407. The number of rotatable bonds is 5. The normalized spacial score (nSPS) is 24.3. The van der Waals surface area contributed by atoms with Gasteiger partial charge in [-0.3, -0.25) is 4.79 Å². The van der Waals surface area contributed by atoms with E-state index in [1.807, 2.05) is 24.3 Å². The second-order valence-corrected chi connectivity index (χ2v) is 10.3. The Morgan fingerprint density at radius 2 is 1.97 bits per heavy atom. The number of carbonyl (C=O) groups excluding carboxylic acids is 1. The number of phenolic OH excluding ortho intramolecular Hbond substituents is 1. The lowest BCUT2D eigenvalue weighted by Gasteiger charge is -2.39. The van der Waals surface area contributed by atoms with Gasteiger partial charge in [-0.1, -0.05) is 24.3 Å². The van der Waals surface area contributed by atoms with Gasteiger partial charge in [-0.25, -0.2) is 4.79 Å². The standard InChI is InChI=1S/C27H30N2O7/c1-13-8-17(30)22-19(33-13)12-18-16(23(22)31)11-20(26(2,3)35-18)34-25(32)27(4)21(36-27)10-14-6-5-7-15(9-14)24(28)29/h5-9,12,20-21,24,31H,10-11,28-29H2,1-4H3/t20-,21-,27-/m1/s1. The van der Waals surface area contributed by atoms with Gasteiger partial charge in [-0.05, 0) is 38.8 Å². The number of aromatic hydroxyl groups is 1. The zero-order chi connectivity index (χ0) is 26.0. The Labute approximate surface area is 207 Å². The van der Waals surface area contributed by atoms with Gasteiger partial charge in [0.25, 0.3) is 0 Å². The lowest BCUT2D eigenvalue weighted by molar-refractivity contribution is -0.166. The number of nitrogens with two attached hydrogens (primary N) is 2. The number of phenols is 1. The number of esters is 1. The monoisotopic (exact) mass is 494 g/mol. The van der Waals surface area contributed by atoms with Crippen molar-refractivity contribution in [2.75, 3.05) is 0 Å². The van der Waals surface area contributed by atoms with E-state index < -0.39 is 29.4 Å². The lowest BCUT2D eigenvalue weighted by Crippen LogP contribution is -2.50. The van der Waals surface area contributed by atoms with E-state index in [-0.39, 0.29) is 34.7 Å². The summed E-state index contributed by atoms with van der Waals surface area (Å²) >= 11 is 0. The minimum atomic E-state index is -1.11. The molecule has 1 aromatic heterocycles. The predicted octanol–water partition coefficient (Wildman–Crippen LogP) is 2.75. The summed E-state index contributed by atoms with van der Waals surface area (Å²) < 4.78 is 23.4. The van der Waals surface area contributed by atoms with Crippen LogP contribution in [0.3, 0.4) is 0 Å². The smallest absolute Gasteiger partial charge is 0.341 e. The SMILES string of the molecule is Cc1cc(=O)c2c(O)c3c(cc2o1)OC(C)(C)[C@H](OC(=O)[C@]1(C)O[C@@H]1Cc1cccc(C(N)N)c1)C3. The Kier molecular flexibility index (Phi) is 5.62. The van der Waals surface area contributed by atoms with Crippen LogP contribution in [-0.4, -0.2) is 34.5 Å². The van der Waals surface area contributed by atoms with Crippen LogP contribution >= 0.6 is 0 Å². The van der Waals surface area contributed by atoms with Crippen LogP contribution in [0.4, 0.5) is 0 Å². The maximum atomic E-state index is 13.2. The number of hydrogen-bond acceptors (Lipinski definition) is 9. The second-order valence-electron chi connectivity index (χ2n) is 10.3. The van der Waals surface area contributed by atoms with Crippen LogP contribution < -0.4 is 21.6 Å². The summed E-state index contributed by atoms with van der Waals surface area (Å²) in [6, 6.07) is 10.5. The van der Waals surface area contributed by atoms with Crippen molar-refractivity contribution in [1.29, 1.82) is 0 Å². The Morgan fingerprint density at radius 3 is 2.69 bits per heavy atom. The molecule has 0 aliphatic carbocycles. The highest BCUT2D eigenvalue weighted by Gasteiger charge is 2.60. The Morgan fingerprint density at radius 1 is 1.22 bits per heavy atom. The van der Waals surface area contributed by atoms with E-state index in [2.05, 4.69) is 0 Å². The van der Waals surface area contributed by atoms with E-state index in [1.165, 1.54) is 6.07 Å². The molecule has 3 atom stereocenters. The third-order valence-corrected chi connectivity index (χ3v) is 7.07. The van der Waals surface area contributed by atoms with Crippen molar-refractivity contribution in [3.63, 3.8) is 0 Å². The molecule has 0 spiro atoms. The van der Waals surface area contributed by atoms with Crippen molar-refractivity contribution in [2.24, 2.45) is 11.5 Å². The number of benzene rings is 2. The molecule has 1 saturated heterocycles. The first-order valence-corrected chi connectivity index (χ1v) is 11.9. The minimum absolute atomic E-state index is 0.0738. The first-order valence-electron chi connectivity index (χ1n) is 11.9. The van der Waals surface area contributed by atoms with Crippen molar-refractivity contribution in [1.82, 2.24) is 0 Å². The summed E-state index contributed by atoms with van der Waals surface area (Å²) in [4.78, 5) is 25.7. The fourth-order valence-corrected chi connectivity index (χ4v) is 4.76. The first kappa shape index (κ1) is 24.3. The predicted molar refractivity (Wildman–Crippen MR) is 132 cm³/mol. The summed E-state index contributed by atoms with van der Waals surface area (Å²) in [6.07, 6.45) is -0.998. The van der Waals surface area contributed by atoms with E-state index in [4.69, 9.17) is 30.1 Å².